The first kappa shape index (κ1) is 18.0. The van der Waals surface area contributed by atoms with Gasteiger partial charge in [-0.05, 0) is 23.8 Å². The number of likely N-dealkylation sites (N-methyl/N-ethyl adjacent to an activating group) is 1. The maximum atomic E-state index is 13.2. The molecule has 2 aliphatic rings. The van der Waals surface area contributed by atoms with Gasteiger partial charge in [0.25, 0.3) is 11.6 Å². The summed E-state index contributed by atoms with van der Waals surface area (Å²) < 4.78 is 0. The number of non-ortho nitro benzene ring substituents is 1. The van der Waals surface area contributed by atoms with E-state index in [9.17, 15) is 19.7 Å². The highest BCUT2D eigenvalue weighted by molar-refractivity contribution is 6.31. The summed E-state index contributed by atoms with van der Waals surface area (Å²) in [7, 11) is 1.59. The second-order valence-electron chi connectivity index (χ2n) is 6.53. The van der Waals surface area contributed by atoms with E-state index in [1.165, 1.54) is 28.0 Å². The molecule has 2 aromatic carbocycles. The van der Waals surface area contributed by atoms with Crippen molar-refractivity contribution >= 4 is 34.9 Å². The predicted molar refractivity (Wildman–Crippen MR) is 103 cm³/mol. The van der Waals surface area contributed by atoms with E-state index in [0.717, 1.165) is 0 Å². The molecule has 3 amide bonds. The monoisotopic (exact) mass is 398 g/mol. The number of nitro groups is 1. The van der Waals surface area contributed by atoms with Gasteiger partial charge in [0.2, 0.25) is 0 Å². The molecule has 0 aromatic heterocycles. The van der Waals surface area contributed by atoms with Crippen LogP contribution in [0.4, 0.5) is 16.2 Å². The van der Waals surface area contributed by atoms with Crippen molar-refractivity contribution < 1.29 is 14.5 Å². The number of carbonyl (C=O) groups is 2. The van der Waals surface area contributed by atoms with E-state index in [2.05, 4.69) is 5.32 Å². The number of hydrogen-bond donors (Lipinski definition) is 1. The van der Waals surface area contributed by atoms with E-state index in [1.807, 2.05) is 0 Å². The summed E-state index contributed by atoms with van der Waals surface area (Å²) in [6, 6.07) is 11.7. The average Bonchev–Trinajstić information content (AvgIpc) is 3.02. The second-order valence-corrected chi connectivity index (χ2v) is 6.96. The number of hydrogen-bond acceptors (Lipinski definition) is 4. The van der Waals surface area contributed by atoms with Crippen LogP contribution in [-0.4, -0.2) is 35.4 Å². The van der Waals surface area contributed by atoms with Crippen LogP contribution < -0.4 is 10.2 Å². The number of amides is 3. The van der Waals surface area contributed by atoms with Crippen molar-refractivity contribution in [3.05, 3.63) is 80.5 Å². The van der Waals surface area contributed by atoms with Gasteiger partial charge < -0.3 is 10.2 Å². The first-order valence-electron chi connectivity index (χ1n) is 8.46. The maximum Gasteiger partial charge on any atom is 0.322 e. The molecule has 0 radical (unpaired) electrons. The van der Waals surface area contributed by atoms with E-state index in [-0.39, 0.29) is 24.2 Å². The van der Waals surface area contributed by atoms with Gasteiger partial charge >= 0.3 is 6.03 Å². The number of rotatable bonds is 3. The maximum absolute atomic E-state index is 13.2. The Morgan fingerprint density at radius 1 is 1.18 bits per heavy atom. The molecular weight excluding hydrogens is 384 g/mol. The Balaban J connectivity index is 1.78. The largest absolute Gasteiger partial charge is 0.327 e. The third-order valence-electron chi connectivity index (χ3n) is 4.89. The van der Waals surface area contributed by atoms with Gasteiger partial charge in [0.15, 0.2) is 0 Å². The van der Waals surface area contributed by atoms with Crippen LogP contribution in [0.1, 0.15) is 11.6 Å². The summed E-state index contributed by atoms with van der Waals surface area (Å²) in [5, 5.41) is 14.4. The number of urea groups is 1. The van der Waals surface area contributed by atoms with Crippen LogP contribution in [0, 0.1) is 10.1 Å². The average molecular weight is 399 g/mol. The normalized spacial score (nSPS) is 19.0. The van der Waals surface area contributed by atoms with E-state index >= 15 is 0 Å². The molecule has 2 aromatic rings. The highest BCUT2D eigenvalue weighted by Gasteiger charge is 2.43. The molecule has 2 heterocycles. The van der Waals surface area contributed by atoms with Crippen molar-refractivity contribution in [1.82, 2.24) is 10.2 Å². The molecule has 0 fully saturated rings. The number of anilines is 1. The van der Waals surface area contributed by atoms with Crippen LogP contribution in [0.2, 0.25) is 5.02 Å². The first-order chi connectivity index (χ1) is 13.4. The fourth-order valence-electron chi connectivity index (χ4n) is 3.49. The lowest BCUT2D eigenvalue weighted by Crippen LogP contribution is -2.45. The van der Waals surface area contributed by atoms with Crippen LogP contribution >= 0.6 is 11.6 Å². The molecule has 142 valence electrons. The minimum absolute atomic E-state index is 0.107. The molecule has 1 atom stereocenters. The van der Waals surface area contributed by atoms with Gasteiger partial charge in [-0.15, -0.1) is 0 Å². The van der Waals surface area contributed by atoms with E-state index in [0.29, 0.717) is 27.5 Å². The Kier molecular flexibility index (Phi) is 4.27. The summed E-state index contributed by atoms with van der Waals surface area (Å²) in [5.74, 6) is -0.277. The Bertz CT molecular complexity index is 1050. The lowest BCUT2D eigenvalue weighted by atomic mass is 9.95. The highest BCUT2D eigenvalue weighted by Crippen LogP contribution is 2.38. The van der Waals surface area contributed by atoms with E-state index in [4.69, 9.17) is 11.6 Å². The molecule has 28 heavy (non-hydrogen) atoms. The van der Waals surface area contributed by atoms with Crippen LogP contribution in [0.3, 0.4) is 0 Å². The quantitative estimate of drug-likeness (QED) is 0.634. The van der Waals surface area contributed by atoms with Crippen molar-refractivity contribution in [3.8, 4) is 0 Å². The molecule has 0 saturated heterocycles. The molecule has 0 spiro atoms. The molecule has 9 heteroatoms. The van der Waals surface area contributed by atoms with Gasteiger partial charge in [0.05, 0.1) is 28.8 Å². The smallest absolute Gasteiger partial charge is 0.322 e. The molecular formula is C19H15ClN4O4. The Morgan fingerprint density at radius 3 is 2.64 bits per heavy atom. The van der Waals surface area contributed by atoms with Gasteiger partial charge in [0.1, 0.15) is 0 Å². The van der Waals surface area contributed by atoms with Crippen molar-refractivity contribution in [2.45, 2.75) is 6.04 Å². The third-order valence-corrected chi connectivity index (χ3v) is 5.13. The zero-order valence-corrected chi connectivity index (χ0v) is 15.5. The minimum Gasteiger partial charge on any atom is -0.327 e. The van der Waals surface area contributed by atoms with Crippen molar-refractivity contribution in [2.75, 3.05) is 18.5 Å². The number of benzene rings is 2. The fraction of sp³-hybridized carbons (Fsp3) is 0.158. The second kappa shape index (κ2) is 6.65. The van der Waals surface area contributed by atoms with Crippen LogP contribution in [0.5, 0.6) is 0 Å². The summed E-state index contributed by atoms with van der Waals surface area (Å²) in [4.78, 5) is 39.2. The predicted octanol–water partition coefficient (Wildman–Crippen LogP) is 3.25. The lowest BCUT2D eigenvalue weighted by molar-refractivity contribution is -0.384. The van der Waals surface area contributed by atoms with E-state index < -0.39 is 11.0 Å². The summed E-state index contributed by atoms with van der Waals surface area (Å²) in [6.07, 6.45) is 0. The zero-order valence-electron chi connectivity index (χ0n) is 14.8. The van der Waals surface area contributed by atoms with Gasteiger partial charge in [-0.2, -0.15) is 0 Å². The Hall–Kier alpha value is -3.39. The molecule has 1 N–H and O–H groups in total. The number of nitrogens with zero attached hydrogens (tertiary/aromatic N) is 3. The SMILES string of the molecule is CN1C(=O)NC(c2cccc([N+](=O)[O-])c2)C2=C1CN(c1cccc(Cl)c1)C2=O. The Morgan fingerprint density at radius 2 is 1.93 bits per heavy atom. The topological polar surface area (TPSA) is 95.8 Å². The van der Waals surface area contributed by atoms with Gasteiger partial charge in [-0.25, -0.2) is 4.79 Å². The molecule has 0 aliphatic carbocycles. The molecule has 2 aliphatic heterocycles. The summed E-state index contributed by atoms with van der Waals surface area (Å²) >= 11 is 6.06. The number of nitro benzene ring substituents is 1. The number of carbonyl (C=O) groups excluding carboxylic acids is 2. The minimum atomic E-state index is -0.768. The van der Waals surface area contributed by atoms with Crippen molar-refractivity contribution in [3.63, 3.8) is 0 Å². The first-order valence-corrected chi connectivity index (χ1v) is 8.83. The van der Waals surface area contributed by atoms with Crippen LogP contribution in [0.15, 0.2) is 59.8 Å². The van der Waals surface area contributed by atoms with Gasteiger partial charge in [-0.3, -0.25) is 19.8 Å². The molecule has 1 unspecified atom stereocenters. The molecule has 0 saturated carbocycles. The molecule has 4 rings (SSSR count). The molecule has 8 nitrogen and oxygen atoms in total. The summed E-state index contributed by atoms with van der Waals surface area (Å²) in [6.45, 7) is 0.212. The Labute approximate surface area is 165 Å². The number of nitrogens with one attached hydrogen (secondary N) is 1. The number of halogens is 1. The standard InChI is InChI=1S/C19H15ClN4O4/c1-22-15-10-23(13-6-3-5-12(20)9-13)18(25)16(15)17(21-19(22)26)11-4-2-7-14(8-11)24(27)28/h2-9,17H,10H2,1H3,(H,21,26). The van der Waals surface area contributed by atoms with Crippen LogP contribution in [-0.2, 0) is 4.79 Å². The van der Waals surface area contributed by atoms with Crippen molar-refractivity contribution in [1.29, 1.82) is 0 Å². The lowest BCUT2D eigenvalue weighted by Gasteiger charge is -2.30. The van der Waals surface area contributed by atoms with E-state index in [1.54, 1.807) is 37.4 Å². The van der Waals surface area contributed by atoms with Crippen molar-refractivity contribution in [2.24, 2.45) is 0 Å². The van der Waals surface area contributed by atoms with Crippen LogP contribution in [0.25, 0.3) is 0 Å². The summed E-state index contributed by atoms with van der Waals surface area (Å²) in [5.41, 5.74) is 1.94. The highest BCUT2D eigenvalue weighted by atomic mass is 35.5. The zero-order chi connectivity index (χ0) is 20.0. The van der Waals surface area contributed by atoms with Gasteiger partial charge in [-0.1, -0.05) is 29.8 Å². The third kappa shape index (κ3) is 2.87. The fourth-order valence-corrected chi connectivity index (χ4v) is 3.67. The molecule has 0 bridgehead atoms. The van der Waals surface area contributed by atoms with Gasteiger partial charge in [0, 0.05) is 29.9 Å².